The standard InChI is InChI=1S/C19H32N6O2/c1-15(2)19(27)24-9-10-25-17(13-24)11-16(21-25)12-20-18(26)14-23-6-4-5-22(3)7-8-23/h11,15H,4-10,12-14H2,1-3H3,(H,20,26). The lowest BCUT2D eigenvalue weighted by Crippen LogP contribution is -2.40. The van der Waals surface area contributed by atoms with Crippen molar-refractivity contribution in [3.63, 3.8) is 0 Å². The van der Waals surface area contributed by atoms with Gasteiger partial charge in [-0.3, -0.25) is 19.2 Å². The molecule has 8 heteroatoms. The minimum atomic E-state index is 0.0111. The average Bonchev–Trinajstić information content (AvgIpc) is 2.94. The van der Waals surface area contributed by atoms with E-state index in [-0.39, 0.29) is 17.7 Å². The highest BCUT2D eigenvalue weighted by atomic mass is 16.2. The highest BCUT2D eigenvalue weighted by molar-refractivity contribution is 5.78. The topological polar surface area (TPSA) is 73.7 Å². The number of carbonyl (C=O) groups excluding carboxylic acids is 2. The summed E-state index contributed by atoms with van der Waals surface area (Å²) in [7, 11) is 2.12. The number of nitrogens with one attached hydrogen (secondary N) is 1. The fourth-order valence-corrected chi connectivity index (χ4v) is 3.67. The first-order valence-electron chi connectivity index (χ1n) is 9.94. The quantitative estimate of drug-likeness (QED) is 0.791. The molecule has 0 bridgehead atoms. The Balaban J connectivity index is 1.48. The van der Waals surface area contributed by atoms with Crippen molar-refractivity contribution in [3.05, 3.63) is 17.5 Å². The number of hydrogen-bond acceptors (Lipinski definition) is 5. The van der Waals surface area contributed by atoms with E-state index in [1.165, 1.54) is 0 Å². The van der Waals surface area contributed by atoms with E-state index in [1.54, 1.807) is 0 Å². The number of rotatable bonds is 5. The summed E-state index contributed by atoms with van der Waals surface area (Å²) in [5.74, 6) is 0.236. The lowest BCUT2D eigenvalue weighted by atomic mass is 10.1. The zero-order valence-corrected chi connectivity index (χ0v) is 16.8. The van der Waals surface area contributed by atoms with Crippen LogP contribution in [0.15, 0.2) is 6.07 Å². The number of hydrogen-bond donors (Lipinski definition) is 1. The molecule has 0 saturated carbocycles. The molecule has 150 valence electrons. The molecule has 0 atom stereocenters. The Bertz CT molecular complexity index is 671. The molecule has 0 unspecified atom stereocenters. The van der Waals surface area contributed by atoms with Crippen LogP contribution >= 0.6 is 0 Å². The molecule has 3 heterocycles. The first-order chi connectivity index (χ1) is 12.9. The van der Waals surface area contributed by atoms with E-state index in [0.29, 0.717) is 32.7 Å². The number of fused-ring (bicyclic) bond motifs is 1. The summed E-state index contributed by atoms with van der Waals surface area (Å²) in [6.07, 6.45) is 1.10. The van der Waals surface area contributed by atoms with Crippen LogP contribution in [-0.2, 0) is 29.2 Å². The van der Waals surface area contributed by atoms with Gasteiger partial charge in [0.15, 0.2) is 0 Å². The van der Waals surface area contributed by atoms with Gasteiger partial charge in [0.2, 0.25) is 11.8 Å². The Hall–Kier alpha value is -1.93. The summed E-state index contributed by atoms with van der Waals surface area (Å²) >= 11 is 0. The second-order valence-corrected chi connectivity index (χ2v) is 7.97. The maximum Gasteiger partial charge on any atom is 0.234 e. The summed E-state index contributed by atoms with van der Waals surface area (Å²) in [6, 6.07) is 2.00. The Kier molecular flexibility index (Phi) is 6.49. The summed E-state index contributed by atoms with van der Waals surface area (Å²) in [6.45, 7) is 10.7. The van der Waals surface area contributed by atoms with Gasteiger partial charge in [-0.15, -0.1) is 0 Å². The number of amides is 2. The van der Waals surface area contributed by atoms with Gasteiger partial charge in [0.1, 0.15) is 0 Å². The third kappa shape index (κ3) is 5.29. The molecule has 1 fully saturated rings. The van der Waals surface area contributed by atoms with Crippen molar-refractivity contribution < 1.29 is 9.59 Å². The number of carbonyl (C=O) groups is 2. The molecule has 1 saturated heterocycles. The van der Waals surface area contributed by atoms with Gasteiger partial charge in [-0.1, -0.05) is 13.8 Å². The van der Waals surface area contributed by atoms with Crippen LogP contribution in [0.5, 0.6) is 0 Å². The zero-order chi connectivity index (χ0) is 19.4. The average molecular weight is 377 g/mol. The van der Waals surface area contributed by atoms with E-state index in [1.807, 2.05) is 29.5 Å². The number of aromatic nitrogens is 2. The molecule has 2 aliphatic rings. The maximum atomic E-state index is 12.3. The molecule has 3 rings (SSSR count). The van der Waals surface area contributed by atoms with E-state index >= 15 is 0 Å². The molecule has 1 N–H and O–H groups in total. The molecule has 27 heavy (non-hydrogen) atoms. The SMILES string of the molecule is CC(C)C(=O)N1CCn2nc(CNC(=O)CN3CCCN(C)CC3)cc2C1. The summed E-state index contributed by atoms with van der Waals surface area (Å²) < 4.78 is 1.95. The van der Waals surface area contributed by atoms with Gasteiger partial charge < -0.3 is 15.1 Å². The van der Waals surface area contributed by atoms with Gasteiger partial charge in [0.05, 0.1) is 37.6 Å². The molecular weight excluding hydrogens is 344 g/mol. The van der Waals surface area contributed by atoms with E-state index in [4.69, 9.17) is 0 Å². The first kappa shape index (κ1) is 19.8. The van der Waals surface area contributed by atoms with Gasteiger partial charge >= 0.3 is 0 Å². The van der Waals surface area contributed by atoms with Crippen LogP contribution in [0, 0.1) is 5.92 Å². The van der Waals surface area contributed by atoms with Crippen LogP contribution in [0.25, 0.3) is 0 Å². The molecular formula is C19H32N6O2. The third-order valence-corrected chi connectivity index (χ3v) is 5.30. The van der Waals surface area contributed by atoms with Crippen LogP contribution in [0.2, 0.25) is 0 Å². The summed E-state index contributed by atoms with van der Waals surface area (Å²) in [5.41, 5.74) is 1.89. The lowest BCUT2D eigenvalue weighted by Gasteiger charge is -2.29. The summed E-state index contributed by atoms with van der Waals surface area (Å²) in [4.78, 5) is 30.9. The Morgan fingerprint density at radius 1 is 1.15 bits per heavy atom. The van der Waals surface area contributed by atoms with E-state index in [2.05, 4.69) is 27.3 Å². The molecule has 0 aliphatic carbocycles. The highest BCUT2D eigenvalue weighted by Gasteiger charge is 2.24. The Morgan fingerprint density at radius 2 is 1.96 bits per heavy atom. The molecule has 0 radical (unpaired) electrons. The van der Waals surface area contributed by atoms with Crippen LogP contribution in [-0.4, -0.2) is 82.6 Å². The third-order valence-electron chi connectivity index (χ3n) is 5.30. The normalized spacial score (nSPS) is 19.0. The molecule has 1 aromatic heterocycles. The Labute approximate surface area is 161 Å². The molecule has 2 aliphatic heterocycles. The van der Waals surface area contributed by atoms with Crippen molar-refractivity contribution >= 4 is 11.8 Å². The van der Waals surface area contributed by atoms with E-state index in [9.17, 15) is 9.59 Å². The van der Waals surface area contributed by atoms with Gasteiger partial charge in [0, 0.05) is 25.6 Å². The predicted molar refractivity (Wildman–Crippen MR) is 103 cm³/mol. The highest BCUT2D eigenvalue weighted by Crippen LogP contribution is 2.16. The maximum absolute atomic E-state index is 12.3. The van der Waals surface area contributed by atoms with Gasteiger partial charge in [-0.2, -0.15) is 5.10 Å². The van der Waals surface area contributed by atoms with E-state index < -0.39 is 0 Å². The van der Waals surface area contributed by atoms with Crippen molar-refractivity contribution in [2.75, 3.05) is 46.3 Å². The van der Waals surface area contributed by atoms with Crippen LogP contribution in [0.1, 0.15) is 31.7 Å². The smallest absolute Gasteiger partial charge is 0.234 e. The molecule has 0 aromatic carbocycles. The minimum Gasteiger partial charge on any atom is -0.349 e. The van der Waals surface area contributed by atoms with Crippen molar-refractivity contribution in [3.8, 4) is 0 Å². The second kappa shape index (κ2) is 8.84. The molecule has 1 aromatic rings. The predicted octanol–water partition coefficient (Wildman–Crippen LogP) is 0.135. The van der Waals surface area contributed by atoms with Crippen LogP contribution < -0.4 is 5.32 Å². The minimum absolute atomic E-state index is 0.0111. The Morgan fingerprint density at radius 3 is 2.74 bits per heavy atom. The van der Waals surface area contributed by atoms with Crippen molar-refractivity contribution in [1.29, 1.82) is 0 Å². The largest absolute Gasteiger partial charge is 0.349 e. The van der Waals surface area contributed by atoms with Gasteiger partial charge in [-0.25, -0.2) is 0 Å². The van der Waals surface area contributed by atoms with E-state index in [0.717, 1.165) is 44.0 Å². The fraction of sp³-hybridized carbons (Fsp3) is 0.737. The van der Waals surface area contributed by atoms with Gasteiger partial charge in [0.25, 0.3) is 0 Å². The van der Waals surface area contributed by atoms with Gasteiger partial charge in [-0.05, 0) is 32.6 Å². The molecule has 2 amide bonds. The van der Waals surface area contributed by atoms with Crippen molar-refractivity contribution in [2.45, 2.75) is 39.9 Å². The summed E-state index contributed by atoms with van der Waals surface area (Å²) in [5, 5.41) is 7.57. The monoisotopic (exact) mass is 376 g/mol. The number of likely N-dealkylation sites (N-methyl/N-ethyl adjacent to an activating group) is 1. The molecule has 8 nitrogen and oxygen atoms in total. The molecule has 0 spiro atoms. The van der Waals surface area contributed by atoms with Crippen molar-refractivity contribution in [2.24, 2.45) is 5.92 Å². The second-order valence-electron chi connectivity index (χ2n) is 7.97. The lowest BCUT2D eigenvalue weighted by molar-refractivity contribution is -0.136. The first-order valence-corrected chi connectivity index (χ1v) is 9.94. The zero-order valence-electron chi connectivity index (χ0n) is 16.8. The van der Waals surface area contributed by atoms with Crippen LogP contribution in [0.3, 0.4) is 0 Å². The number of nitrogens with zero attached hydrogens (tertiary/aromatic N) is 5. The van der Waals surface area contributed by atoms with Crippen LogP contribution in [0.4, 0.5) is 0 Å². The fourth-order valence-electron chi connectivity index (χ4n) is 3.67. The van der Waals surface area contributed by atoms with Crippen molar-refractivity contribution in [1.82, 2.24) is 29.8 Å².